The minimum atomic E-state index is -0.0463. The van der Waals surface area contributed by atoms with E-state index in [9.17, 15) is 0 Å². The van der Waals surface area contributed by atoms with Crippen LogP contribution in [0.1, 0.15) is 32.2 Å². The molecule has 2 N–H and O–H groups in total. The van der Waals surface area contributed by atoms with Gasteiger partial charge in [0.05, 0.1) is 26.9 Å². The standard InChI is InChI=1S/C16H22N2OS/c1-10-11(9-16(2,3)19-10)12(17)8-15-18-13-6-4-5-7-14(13)20-15/h4-7,10-12H,8-9,17H2,1-3H3/t10?,11?,12-/m0/s1. The fourth-order valence-corrected chi connectivity index (χ4v) is 4.27. The van der Waals surface area contributed by atoms with Crippen LogP contribution >= 0.6 is 11.3 Å². The molecule has 20 heavy (non-hydrogen) atoms. The second-order valence-electron chi connectivity index (χ2n) is 6.39. The topological polar surface area (TPSA) is 48.1 Å². The maximum absolute atomic E-state index is 6.43. The molecule has 0 aliphatic carbocycles. The van der Waals surface area contributed by atoms with Crippen LogP contribution in [-0.2, 0) is 11.2 Å². The molecule has 0 saturated carbocycles. The summed E-state index contributed by atoms with van der Waals surface area (Å²) in [5.41, 5.74) is 7.46. The van der Waals surface area contributed by atoms with Crippen LogP contribution in [0, 0.1) is 5.92 Å². The second kappa shape index (κ2) is 5.10. The molecular formula is C16H22N2OS. The lowest BCUT2D eigenvalue weighted by Crippen LogP contribution is -2.36. The summed E-state index contributed by atoms with van der Waals surface area (Å²) in [7, 11) is 0. The predicted octanol–water partition coefficient (Wildman–Crippen LogP) is 3.37. The Morgan fingerprint density at radius 3 is 2.85 bits per heavy atom. The summed E-state index contributed by atoms with van der Waals surface area (Å²) in [6.45, 7) is 6.43. The Morgan fingerprint density at radius 2 is 2.20 bits per heavy atom. The molecule has 1 saturated heterocycles. The van der Waals surface area contributed by atoms with Crippen LogP contribution in [0.4, 0.5) is 0 Å². The van der Waals surface area contributed by atoms with E-state index in [4.69, 9.17) is 10.5 Å². The molecule has 3 rings (SSSR count). The number of para-hydroxylation sites is 1. The van der Waals surface area contributed by atoms with Crippen molar-refractivity contribution in [3.8, 4) is 0 Å². The van der Waals surface area contributed by atoms with E-state index in [1.807, 2.05) is 6.07 Å². The Labute approximate surface area is 124 Å². The Morgan fingerprint density at radius 1 is 1.45 bits per heavy atom. The maximum Gasteiger partial charge on any atom is 0.0954 e. The predicted molar refractivity (Wildman–Crippen MR) is 84.0 cm³/mol. The molecule has 1 aliphatic rings. The summed E-state index contributed by atoms with van der Waals surface area (Å²) >= 11 is 1.75. The molecule has 3 nitrogen and oxygen atoms in total. The molecule has 0 amide bonds. The maximum atomic E-state index is 6.43. The largest absolute Gasteiger partial charge is 0.372 e. The number of benzene rings is 1. The minimum Gasteiger partial charge on any atom is -0.372 e. The average molecular weight is 290 g/mol. The smallest absolute Gasteiger partial charge is 0.0954 e. The van der Waals surface area contributed by atoms with Crippen LogP contribution < -0.4 is 5.73 Å². The van der Waals surface area contributed by atoms with Crippen molar-refractivity contribution in [1.29, 1.82) is 0 Å². The van der Waals surface area contributed by atoms with Gasteiger partial charge in [-0.3, -0.25) is 0 Å². The van der Waals surface area contributed by atoms with Crippen LogP contribution in [0.2, 0.25) is 0 Å². The van der Waals surface area contributed by atoms with Gasteiger partial charge in [0.1, 0.15) is 0 Å². The van der Waals surface area contributed by atoms with Crippen molar-refractivity contribution in [2.45, 2.75) is 51.4 Å². The molecule has 1 aliphatic heterocycles. The highest BCUT2D eigenvalue weighted by atomic mass is 32.1. The summed E-state index contributed by atoms with van der Waals surface area (Å²) in [5.74, 6) is 0.414. The average Bonchev–Trinajstić information content (AvgIpc) is 2.88. The zero-order valence-electron chi connectivity index (χ0n) is 12.3. The van der Waals surface area contributed by atoms with Gasteiger partial charge in [0.15, 0.2) is 0 Å². The molecule has 2 unspecified atom stereocenters. The van der Waals surface area contributed by atoms with Gasteiger partial charge in [-0.1, -0.05) is 12.1 Å². The first-order valence-electron chi connectivity index (χ1n) is 7.22. The number of hydrogen-bond donors (Lipinski definition) is 1. The number of ether oxygens (including phenoxy) is 1. The van der Waals surface area contributed by atoms with E-state index < -0.39 is 0 Å². The van der Waals surface area contributed by atoms with Gasteiger partial charge in [-0.15, -0.1) is 11.3 Å². The lowest BCUT2D eigenvalue weighted by molar-refractivity contribution is -0.0129. The number of fused-ring (bicyclic) bond motifs is 1. The van der Waals surface area contributed by atoms with Crippen LogP contribution in [0.15, 0.2) is 24.3 Å². The first-order valence-corrected chi connectivity index (χ1v) is 8.04. The molecule has 2 heterocycles. The Bertz CT molecular complexity index is 574. The van der Waals surface area contributed by atoms with Gasteiger partial charge in [-0.2, -0.15) is 0 Å². The number of nitrogens with zero attached hydrogens (tertiary/aromatic N) is 1. The van der Waals surface area contributed by atoms with Gasteiger partial charge in [0.2, 0.25) is 0 Å². The van der Waals surface area contributed by atoms with Crippen LogP contribution in [0.25, 0.3) is 10.2 Å². The SMILES string of the molecule is CC1OC(C)(C)CC1[C@@H](N)Cc1nc2ccccc2s1. The lowest BCUT2D eigenvalue weighted by atomic mass is 9.87. The highest BCUT2D eigenvalue weighted by Crippen LogP contribution is 2.37. The van der Waals surface area contributed by atoms with Crippen molar-refractivity contribution in [3.63, 3.8) is 0 Å². The van der Waals surface area contributed by atoms with Gasteiger partial charge < -0.3 is 10.5 Å². The first kappa shape index (κ1) is 14.0. The van der Waals surface area contributed by atoms with Crippen LogP contribution in [0.3, 0.4) is 0 Å². The third-order valence-electron chi connectivity index (χ3n) is 4.13. The normalized spacial score (nSPS) is 27.0. The Balaban J connectivity index is 1.74. The van der Waals surface area contributed by atoms with Crippen molar-refractivity contribution in [2.24, 2.45) is 11.7 Å². The fraction of sp³-hybridized carbons (Fsp3) is 0.562. The summed E-state index contributed by atoms with van der Waals surface area (Å²) in [4.78, 5) is 4.68. The summed E-state index contributed by atoms with van der Waals surface area (Å²) < 4.78 is 7.22. The molecule has 1 aromatic carbocycles. The van der Waals surface area contributed by atoms with E-state index in [1.54, 1.807) is 11.3 Å². The highest BCUT2D eigenvalue weighted by Gasteiger charge is 2.40. The minimum absolute atomic E-state index is 0.0463. The highest BCUT2D eigenvalue weighted by molar-refractivity contribution is 7.18. The molecular weight excluding hydrogens is 268 g/mol. The molecule has 1 aromatic heterocycles. The van der Waals surface area contributed by atoms with Crippen molar-refractivity contribution >= 4 is 21.6 Å². The van der Waals surface area contributed by atoms with Gasteiger partial charge in [0, 0.05) is 18.4 Å². The molecule has 0 bridgehead atoms. The quantitative estimate of drug-likeness (QED) is 0.943. The number of aromatic nitrogens is 1. The monoisotopic (exact) mass is 290 g/mol. The van der Waals surface area contributed by atoms with Gasteiger partial charge in [0.25, 0.3) is 0 Å². The van der Waals surface area contributed by atoms with E-state index in [1.165, 1.54) is 4.70 Å². The molecule has 1 fully saturated rings. The molecule has 0 spiro atoms. The Kier molecular flexibility index (Phi) is 3.56. The zero-order chi connectivity index (χ0) is 14.3. The van der Waals surface area contributed by atoms with E-state index in [0.29, 0.717) is 5.92 Å². The van der Waals surface area contributed by atoms with Gasteiger partial charge >= 0.3 is 0 Å². The summed E-state index contributed by atoms with van der Waals surface area (Å²) in [6, 6.07) is 8.38. The fourth-order valence-electron chi connectivity index (χ4n) is 3.23. The van der Waals surface area contributed by atoms with Gasteiger partial charge in [-0.05, 0) is 39.3 Å². The van der Waals surface area contributed by atoms with Crippen molar-refractivity contribution < 1.29 is 4.74 Å². The second-order valence-corrected chi connectivity index (χ2v) is 7.51. The first-order chi connectivity index (χ1) is 9.44. The molecule has 4 heteroatoms. The number of hydrogen-bond acceptors (Lipinski definition) is 4. The number of nitrogens with two attached hydrogens (primary N) is 1. The van der Waals surface area contributed by atoms with E-state index in [2.05, 4.69) is 44.0 Å². The lowest BCUT2D eigenvalue weighted by Gasteiger charge is -2.20. The van der Waals surface area contributed by atoms with Gasteiger partial charge in [-0.25, -0.2) is 4.98 Å². The third-order valence-corrected chi connectivity index (χ3v) is 5.19. The summed E-state index contributed by atoms with van der Waals surface area (Å²) in [5, 5.41) is 1.13. The van der Waals surface area contributed by atoms with Crippen molar-refractivity contribution in [2.75, 3.05) is 0 Å². The molecule has 3 atom stereocenters. The summed E-state index contributed by atoms with van der Waals surface area (Å²) in [6.07, 6.45) is 2.10. The molecule has 0 radical (unpaired) electrons. The van der Waals surface area contributed by atoms with E-state index in [0.717, 1.165) is 23.4 Å². The number of thiazole rings is 1. The zero-order valence-corrected chi connectivity index (χ0v) is 13.1. The molecule has 2 aromatic rings. The van der Waals surface area contributed by atoms with Crippen molar-refractivity contribution in [3.05, 3.63) is 29.3 Å². The molecule has 108 valence electrons. The van der Waals surface area contributed by atoms with Crippen LogP contribution in [-0.4, -0.2) is 22.7 Å². The van der Waals surface area contributed by atoms with Crippen LogP contribution in [0.5, 0.6) is 0 Å². The number of rotatable bonds is 3. The third kappa shape index (κ3) is 2.73. The van der Waals surface area contributed by atoms with Crippen molar-refractivity contribution in [1.82, 2.24) is 4.98 Å². The van der Waals surface area contributed by atoms with E-state index in [-0.39, 0.29) is 17.7 Å². The Hall–Kier alpha value is -0.970. The van der Waals surface area contributed by atoms with E-state index >= 15 is 0 Å².